The third-order valence-electron chi connectivity index (χ3n) is 6.20. The molecule has 0 bridgehead atoms. The topological polar surface area (TPSA) is 74.1 Å². The molecule has 27 heavy (non-hydrogen) atoms. The van der Waals surface area contributed by atoms with Gasteiger partial charge in [-0.2, -0.15) is 5.26 Å². The number of benzene rings is 1. The highest BCUT2D eigenvalue weighted by Crippen LogP contribution is 2.30. The number of aromatic nitrogens is 2. The van der Waals surface area contributed by atoms with Crippen molar-refractivity contribution >= 4 is 16.7 Å². The van der Waals surface area contributed by atoms with Crippen molar-refractivity contribution in [3.05, 3.63) is 30.1 Å². The first-order chi connectivity index (χ1) is 13.2. The minimum Gasteiger partial charge on any atom is -0.376 e. The van der Waals surface area contributed by atoms with Gasteiger partial charge in [0.25, 0.3) is 0 Å². The van der Waals surface area contributed by atoms with Crippen LogP contribution in [0.3, 0.4) is 0 Å². The van der Waals surface area contributed by atoms with Gasteiger partial charge in [-0.05, 0) is 57.7 Å². The number of anilines is 1. The molecule has 2 unspecified atom stereocenters. The Labute approximate surface area is 160 Å². The molecule has 1 aromatic carbocycles. The summed E-state index contributed by atoms with van der Waals surface area (Å²) in [6.45, 7) is 6.35. The van der Waals surface area contributed by atoms with E-state index in [0.29, 0.717) is 29.8 Å². The van der Waals surface area contributed by atoms with Crippen LogP contribution in [-0.4, -0.2) is 52.2 Å². The van der Waals surface area contributed by atoms with Crippen molar-refractivity contribution in [1.82, 2.24) is 14.9 Å². The summed E-state index contributed by atoms with van der Waals surface area (Å²) in [5, 5.41) is 13.7. The summed E-state index contributed by atoms with van der Waals surface area (Å²) in [6.07, 6.45) is 6.57. The third-order valence-corrected chi connectivity index (χ3v) is 6.20. The Balaban J connectivity index is 1.42. The van der Waals surface area contributed by atoms with Crippen molar-refractivity contribution < 1.29 is 4.74 Å². The zero-order valence-electron chi connectivity index (χ0n) is 16.1. The minimum absolute atomic E-state index is 0.316. The molecule has 2 atom stereocenters. The second-order valence-electron chi connectivity index (χ2n) is 7.77. The van der Waals surface area contributed by atoms with Gasteiger partial charge in [0.05, 0.1) is 29.9 Å². The molecule has 4 rings (SSSR count). The molecule has 2 fully saturated rings. The molecule has 1 saturated carbocycles. The maximum absolute atomic E-state index is 9.18. The van der Waals surface area contributed by atoms with Crippen LogP contribution < -0.4 is 5.32 Å². The fourth-order valence-electron chi connectivity index (χ4n) is 4.46. The number of nitriles is 1. The van der Waals surface area contributed by atoms with Crippen molar-refractivity contribution in [2.75, 3.05) is 18.5 Å². The zero-order valence-corrected chi connectivity index (χ0v) is 16.1. The van der Waals surface area contributed by atoms with Crippen molar-refractivity contribution in [3.63, 3.8) is 0 Å². The number of ether oxygens (including phenoxy) is 1. The van der Waals surface area contributed by atoms with Crippen LogP contribution in [0.5, 0.6) is 0 Å². The van der Waals surface area contributed by atoms with Crippen molar-refractivity contribution in [1.29, 1.82) is 5.26 Å². The van der Waals surface area contributed by atoms with Gasteiger partial charge in [-0.3, -0.25) is 4.90 Å². The van der Waals surface area contributed by atoms with Gasteiger partial charge < -0.3 is 10.1 Å². The number of hydrogen-bond acceptors (Lipinski definition) is 6. The predicted octanol–water partition coefficient (Wildman–Crippen LogP) is 3.33. The van der Waals surface area contributed by atoms with Crippen LogP contribution in [0.15, 0.2) is 24.5 Å². The van der Waals surface area contributed by atoms with Gasteiger partial charge in [0.1, 0.15) is 12.1 Å². The average Bonchev–Trinajstić information content (AvgIpc) is 2.71. The van der Waals surface area contributed by atoms with Crippen LogP contribution in [0.1, 0.15) is 45.1 Å². The summed E-state index contributed by atoms with van der Waals surface area (Å²) in [7, 11) is 0. The standard InChI is InChI=1S/C21H27N5O/c1-14-15(2)27-10-9-26(14)18-6-4-17(5-7-18)25-21-19-11-16(12-22)3-8-20(19)23-13-24-21/h3,8,11,13-15,17-18H,4-7,9-10H2,1-2H3,(H,23,24,25). The lowest BCUT2D eigenvalue weighted by molar-refractivity contribution is -0.0766. The highest BCUT2D eigenvalue weighted by molar-refractivity contribution is 5.89. The average molecular weight is 365 g/mol. The Bertz CT molecular complexity index is 840. The Morgan fingerprint density at radius 1 is 1.19 bits per heavy atom. The predicted molar refractivity (Wildman–Crippen MR) is 106 cm³/mol. The number of morpholine rings is 1. The van der Waals surface area contributed by atoms with E-state index in [4.69, 9.17) is 4.74 Å². The fourth-order valence-corrected chi connectivity index (χ4v) is 4.46. The second-order valence-corrected chi connectivity index (χ2v) is 7.77. The van der Waals surface area contributed by atoms with Gasteiger partial charge >= 0.3 is 0 Å². The largest absolute Gasteiger partial charge is 0.376 e. The summed E-state index contributed by atoms with van der Waals surface area (Å²) in [6, 6.07) is 9.32. The summed E-state index contributed by atoms with van der Waals surface area (Å²) < 4.78 is 5.78. The highest BCUT2D eigenvalue weighted by Gasteiger charge is 2.33. The molecule has 6 heteroatoms. The van der Waals surface area contributed by atoms with E-state index in [-0.39, 0.29) is 0 Å². The van der Waals surface area contributed by atoms with Crippen LogP contribution in [0.25, 0.3) is 10.9 Å². The van der Waals surface area contributed by atoms with Crippen LogP contribution >= 0.6 is 0 Å². The first-order valence-corrected chi connectivity index (χ1v) is 9.94. The van der Waals surface area contributed by atoms with Crippen molar-refractivity contribution in [2.45, 2.75) is 63.8 Å². The van der Waals surface area contributed by atoms with E-state index in [1.165, 1.54) is 12.8 Å². The van der Waals surface area contributed by atoms with E-state index in [1.807, 2.05) is 12.1 Å². The van der Waals surface area contributed by atoms with E-state index in [9.17, 15) is 5.26 Å². The van der Waals surface area contributed by atoms with Crippen LogP contribution in [0.4, 0.5) is 5.82 Å². The third kappa shape index (κ3) is 3.76. The summed E-state index contributed by atoms with van der Waals surface area (Å²) in [5.41, 5.74) is 1.51. The number of nitrogens with one attached hydrogen (secondary N) is 1. The molecule has 2 aromatic rings. The molecular weight excluding hydrogens is 338 g/mol. The number of fused-ring (bicyclic) bond motifs is 1. The van der Waals surface area contributed by atoms with Gasteiger partial charge in [-0.25, -0.2) is 9.97 Å². The molecule has 2 aliphatic rings. The van der Waals surface area contributed by atoms with Crippen LogP contribution in [0.2, 0.25) is 0 Å². The van der Waals surface area contributed by atoms with Gasteiger partial charge in [-0.1, -0.05) is 0 Å². The molecule has 0 radical (unpaired) electrons. The molecule has 1 aliphatic heterocycles. The maximum atomic E-state index is 9.18. The van der Waals surface area contributed by atoms with Gasteiger partial charge in [-0.15, -0.1) is 0 Å². The van der Waals surface area contributed by atoms with Crippen molar-refractivity contribution in [2.24, 2.45) is 0 Å². The van der Waals surface area contributed by atoms with Crippen LogP contribution in [-0.2, 0) is 4.74 Å². The summed E-state index contributed by atoms with van der Waals surface area (Å²) >= 11 is 0. The molecule has 6 nitrogen and oxygen atoms in total. The maximum Gasteiger partial charge on any atom is 0.137 e. The van der Waals surface area contributed by atoms with Gasteiger partial charge in [0.15, 0.2) is 0 Å². The van der Waals surface area contributed by atoms with Gasteiger partial charge in [0.2, 0.25) is 0 Å². The number of hydrogen-bond donors (Lipinski definition) is 1. The van der Waals surface area contributed by atoms with Crippen molar-refractivity contribution in [3.8, 4) is 6.07 Å². The molecule has 142 valence electrons. The Hall–Kier alpha value is -2.23. The van der Waals surface area contributed by atoms with Crippen LogP contribution in [0, 0.1) is 11.3 Å². The lowest BCUT2D eigenvalue weighted by Gasteiger charge is -2.45. The molecule has 2 heterocycles. The Morgan fingerprint density at radius 3 is 2.78 bits per heavy atom. The van der Waals surface area contributed by atoms with E-state index >= 15 is 0 Å². The molecule has 1 N–H and O–H groups in total. The first kappa shape index (κ1) is 18.1. The zero-order chi connectivity index (χ0) is 18.8. The Morgan fingerprint density at radius 2 is 2.00 bits per heavy atom. The van der Waals surface area contributed by atoms with E-state index in [1.54, 1.807) is 12.4 Å². The number of rotatable bonds is 3. The molecule has 0 amide bonds. The SMILES string of the molecule is CC1OCCN(C2CCC(Nc3ncnc4ccc(C#N)cc34)CC2)C1C. The highest BCUT2D eigenvalue weighted by atomic mass is 16.5. The molecular formula is C21H27N5O. The van der Waals surface area contributed by atoms with E-state index in [2.05, 4.69) is 40.1 Å². The lowest BCUT2D eigenvalue weighted by Crippen LogP contribution is -2.54. The van der Waals surface area contributed by atoms with Gasteiger partial charge in [0, 0.05) is 30.1 Å². The molecule has 1 aromatic heterocycles. The Kier molecular flexibility index (Phi) is 5.24. The second kappa shape index (κ2) is 7.79. The fraction of sp³-hybridized carbons (Fsp3) is 0.571. The smallest absolute Gasteiger partial charge is 0.137 e. The number of nitrogens with zero attached hydrogens (tertiary/aromatic N) is 4. The molecule has 1 aliphatic carbocycles. The quantitative estimate of drug-likeness (QED) is 0.899. The summed E-state index contributed by atoms with van der Waals surface area (Å²) in [4.78, 5) is 11.4. The van der Waals surface area contributed by atoms with E-state index < -0.39 is 0 Å². The normalized spacial score (nSPS) is 29.4. The lowest BCUT2D eigenvalue weighted by atomic mass is 9.88. The molecule has 0 spiro atoms. The molecule has 1 saturated heterocycles. The summed E-state index contributed by atoms with van der Waals surface area (Å²) in [5.74, 6) is 0.842. The van der Waals surface area contributed by atoms with E-state index in [0.717, 1.165) is 42.7 Å². The monoisotopic (exact) mass is 365 g/mol. The first-order valence-electron chi connectivity index (χ1n) is 9.94. The minimum atomic E-state index is 0.316.